The van der Waals surface area contributed by atoms with E-state index in [1.54, 1.807) is 43.3 Å². The number of carbonyl (C=O) groups is 2. The Kier molecular flexibility index (Phi) is 7.57. The monoisotopic (exact) mass is 476 g/mol. The maximum Gasteiger partial charge on any atom is 0.249 e. The Morgan fingerprint density at radius 2 is 1.72 bits per heavy atom. The molecule has 0 saturated carbocycles. The predicted octanol–water partition coefficient (Wildman–Crippen LogP) is 2.44. The Morgan fingerprint density at radius 3 is 2.34 bits per heavy atom. The van der Waals surface area contributed by atoms with Crippen LogP contribution in [0.5, 0.6) is 0 Å². The van der Waals surface area contributed by atoms with Crippen LogP contribution in [-0.4, -0.2) is 41.5 Å². The molecule has 2 amide bonds. The lowest BCUT2D eigenvalue weighted by Gasteiger charge is -2.12. The number of hydrogen-bond acceptors (Lipinski definition) is 6. The average molecular weight is 477 g/mol. The average Bonchev–Trinajstić information content (AvgIpc) is 3.29. The fraction of sp³-hybridized carbons (Fsp3) is 0.200. The molecule has 0 fully saturated rings. The van der Waals surface area contributed by atoms with E-state index < -0.39 is 16.1 Å². The number of sulfonamides is 1. The van der Waals surface area contributed by atoms with Gasteiger partial charge in [-0.1, -0.05) is 23.7 Å². The number of nitrogens with zero attached hydrogens (tertiary/aromatic N) is 3. The van der Waals surface area contributed by atoms with Gasteiger partial charge in [0.05, 0.1) is 5.02 Å². The van der Waals surface area contributed by atoms with Crippen molar-refractivity contribution in [2.75, 3.05) is 17.2 Å². The van der Waals surface area contributed by atoms with Gasteiger partial charge in [0.1, 0.15) is 23.6 Å². The van der Waals surface area contributed by atoms with E-state index in [0.29, 0.717) is 11.4 Å². The van der Waals surface area contributed by atoms with Crippen molar-refractivity contribution in [1.29, 1.82) is 0 Å². The molecule has 168 valence electrons. The first-order chi connectivity index (χ1) is 15.3. The molecule has 2 aromatic carbocycles. The minimum Gasteiger partial charge on any atom is -0.326 e. The summed E-state index contributed by atoms with van der Waals surface area (Å²) in [6, 6.07) is 12.1. The minimum absolute atomic E-state index is 0.0437. The van der Waals surface area contributed by atoms with E-state index >= 15 is 0 Å². The summed E-state index contributed by atoms with van der Waals surface area (Å²) in [4.78, 5) is 28.2. The number of halogens is 1. The third-order valence-electron chi connectivity index (χ3n) is 4.42. The molecule has 0 radical (unpaired) electrons. The third kappa shape index (κ3) is 6.13. The fourth-order valence-electron chi connectivity index (χ4n) is 2.68. The Balaban J connectivity index is 1.47. The Labute approximate surface area is 190 Å². The second kappa shape index (κ2) is 10.4. The van der Waals surface area contributed by atoms with E-state index in [1.807, 2.05) is 0 Å². The maximum absolute atomic E-state index is 12.3. The van der Waals surface area contributed by atoms with E-state index in [-0.39, 0.29) is 34.7 Å². The first kappa shape index (κ1) is 23.4. The molecule has 12 heteroatoms. The van der Waals surface area contributed by atoms with E-state index in [2.05, 4.69) is 25.4 Å². The van der Waals surface area contributed by atoms with E-state index in [4.69, 9.17) is 11.6 Å². The second-order valence-corrected chi connectivity index (χ2v) is 8.89. The van der Waals surface area contributed by atoms with Crippen LogP contribution in [0, 0.1) is 0 Å². The van der Waals surface area contributed by atoms with Crippen LogP contribution in [0.2, 0.25) is 5.02 Å². The van der Waals surface area contributed by atoms with Crippen molar-refractivity contribution in [3.05, 3.63) is 66.2 Å². The Morgan fingerprint density at radius 1 is 1.06 bits per heavy atom. The third-order valence-corrected chi connectivity index (χ3v) is 6.38. The van der Waals surface area contributed by atoms with Gasteiger partial charge in [0.2, 0.25) is 21.8 Å². The van der Waals surface area contributed by atoms with Crippen molar-refractivity contribution in [3.8, 4) is 0 Å². The van der Waals surface area contributed by atoms with E-state index in [1.165, 1.54) is 29.5 Å². The smallest absolute Gasteiger partial charge is 0.249 e. The Hall–Kier alpha value is -3.28. The number of amides is 2. The first-order valence-corrected chi connectivity index (χ1v) is 11.4. The molecule has 3 N–H and O–H groups in total. The lowest BCUT2D eigenvalue weighted by Crippen LogP contribution is -2.28. The molecular formula is C20H21ClN6O4S. The van der Waals surface area contributed by atoms with Gasteiger partial charge >= 0.3 is 0 Å². The lowest BCUT2D eigenvalue weighted by atomic mass is 10.2. The Bertz CT molecular complexity index is 1180. The van der Waals surface area contributed by atoms with E-state index in [9.17, 15) is 18.0 Å². The van der Waals surface area contributed by atoms with Gasteiger partial charge in [0.15, 0.2) is 0 Å². The second-order valence-electron chi connectivity index (χ2n) is 6.74. The van der Waals surface area contributed by atoms with Crippen LogP contribution in [0.1, 0.15) is 19.4 Å². The number of benzene rings is 2. The summed E-state index contributed by atoms with van der Waals surface area (Å²) in [6.07, 6.45) is 2.73. The zero-order valence-electron chi connectivity index (χ0n) is 17.0. The molecule has 0 aliphatic rings. The van der Waals surface area contributed by atoms with E-state index in [0.717, 1.165) is 0 Å². The summed E-state index contributed by atoms with van der Waals surface area (Å²) in [5.41, 5.74) is 1.05. The number of carbonyl (C=O) groups excluding carboxylic acids is 2. The number of rotatable bonds is 9. The van der Waals surface area contributed by atoms with Gasteiger partial charge in [0.25, 0.3) is 0 Å². The molecule has 0 bridgehead atoms. The van der Waals surface area contributed by atoms with Gasteiger partial charge in [-0.25, -0.2) is 22.8 Å². The van der Waals surface area contributed by atoms with Crippen LogP contribution < -0.4 is 15.4 Å². The van der Waals surface area contributed by atoms with Crippen LogP contribution in [0.3, 0.4) is 0 Å². The van der Waals surface area contributed by atoms with Crippen LogP contribution in [-0.2, 0) is 19.6 Å². The summed E-state index contributed by atoms with van der Waals surface area (Å²) >= 11 is 5.91. The van der Waals surface area contributed by atoms with Gasteiger partial charge < -0.3 is 10.6 Å². The van der Waals surface area contributed by atoms with Crippen LogP contribution in [0.4, 0.5) is 11.4 Å². The van der Waals surface area contributed by atoms with Crippen molar-refractivity contribution in [3.63, 3.8) is 0 Å². The molecule has 1 atom stereocenters. The quantitative estimate of drug-likeness (QED) is 0.434. The highest BCUT2D eigenvalue weighted by atomic mass is 35.5. The molecule has 3 rings (SSSR count). The van der Waals surface area contributed by atoms with Gasteiger partial charge in [-0.2, -0.15) is 5.10 Å². The van der Waals surface area contributed by atoms with Crippen molar-refractivity contribution in [2.24, 2.45) is 0 Å². The number of anilines is 2. The fourth-order valence-corrected chi connectivity index (χ4v) is 4.23. The molecule has 1 heterocycles. The molecule has 0 aliphatic heterocycles. The first-order valence-electron chi connectivity index (χ1n) is 9.55. The molecular weight excluding hydrogens is 456 g/mol. The summed E-state index contributed by atoms with van der Waals surface area (Å²) < 4.78 is 28.3. The minimum atomic E-state index is -3.81. The molecule has 1 aromatic heterocycles. The standard InChI is InChI=1S/C20H21ClN6O4S/c1-14(27-13-22-12-23-27)20(29)26-16-8-6-15(7-9-16)25-19(28)10-11-24-32(30,31)18-5-3-2-4-17(18)21/h2-9,12-14,24H,10-11H2,1H3,(H,25,28)(H,26,29). The van der Waals surface area contributed by atoms with Crippen molar-refractivity contribution >= 4 is 44.8 Å². The highest BCUT2D eigenvalue weighted by Crippen LogP contribution is 2.20. The van der Waals surface area contributed by atoms with Crippen LogP contribution in [0.15, 0.2) is 66.1 Å². The summed E-state index contributed by atoms with van der Waals surface area (Å²) in [5, 5.41) is 9.46. The molecule has 10 nitrogen and oxygen atoms in total. The highest BCUT2D eigenvalue weighted by molar-refractivity contribution is 7.89. The SMILES string of the molecule is CC(C(=O)Nc1ccc(NC(=O)CCNS(=O)(=O)c2ccccc2Cl)cc1)n1cncn1. The highest BCUT2D eigenvalue weighted by Gasteiger charge is 2.18. The molecule has 3 aromatic rings. The summed E-state index contributed by atoms with van der Waals surface area (Å²) in [6.45, 7) is 1.60. The van der Waals surface area contributed by atoms with Crippen LogP contribution in [0.25, 0.3) is 0 Å². The molecule has 0 saturated heterocycles. The zero-order chi connectivity index (χ0) is 23.1. The van der Waals surface area contributed by atoms with Crippen molar-refractivity contribution < 1.29 is 18.0 Å². The van der Waals surface area contributed by atoms with Crippen LogP contribution >= 0.6 is 11.6 Å². The number of hydrogen-bond donors (Lipinski definition) is 3. The molecule has 0 aliphatic carbocycles. The number of aromatic nitrogens is 3. The summed E-state index contributed by atoms with van der Waals surface area (Å²) in [5.74, 6) is -0.637. The maximum atomic E-state index is 12.3. The zero-order valence-corrected chi connectivity index (χ0v) is 18.6. The van der Waals surface area contributed by atoms with Crippen molar-refractivity contribution in [2.45, 2.75) is 24.3 Å². The summed E-state index contributed by atoms with van der Waals surface area (Å²) in [7, 11) is -3.81. The van der Waals surface area contributed by atoms with Gasteiger partial charge in [-0.15, -0.1) is 0 Å². The van der Waals surface area contributed by atoms with Gasteiger partial charge in [-0.05, 0) is 43.3 Å². The molecule has 0 spiro atoms. The number of nitrogens with one attached hydrogen (secondary N) is 3. The normalized spacial score (nSPS) is 12.2. The molecule has 1 unspecified atom stereocenters. The predicted molar refractivity (Wildman–Crippen MR) is 120 cm³/mol. The largest absolute Gasteiger partial charge is 0.326 e. The molecule has 32 heavy (non-hydrogen) atoms. The van der Waals surface area contributed by atoms with Crippen molar-refractivity contribution in [1.82, 2.24) is 19.5 Å². The lowest BCUT2D eigenvalue weighted by molar-refractivity contribution is -0.119. The topological polar surface area (TPSA) is 135 Å². The van der Waals surface area contributed by atoms with Gasteiger partial charge in [0, 0.05) is 24.3 Å². The van der Waals surface area contributed by atoms with Gasteiger partial charge in [-0.3, -0.25) is 9.59 Å².